The van der Waals surface area contributed by atoms with Gasteiger partial charge in [-0.05, 0) is 56.3 Å². The van der Waals surface area contributed by atoms with Crippen LogP contribution in [-0.2, 0) is 11.8 Å². The second kappa shape index (κ2) is 12.0. The minimum Gasteiger partial charge on any atom is -0.494 e. The molecule has 1 fully saturated rings. The summed E-state index contributed by atoms with van der Waals surface area (Å²) in [5.74, 6) is 0.576. The number of aromatic nitrogens is 4. The summed E-state index contributed by atoms with van der Waals surface area (Å²) in [6.07, 6.45) is 5.11. The van der Waals surface area contributed by atoms with Crippen LogP contribution in [0.2, 0.25) is 0 Å². The van der Waals surface area contributed by atoms with Crippen molar-refractivity contribution in [3.63, 3.8) is 0 Å². The molecule has 3 aromatic heterocycles. The quantitative estimate of drug-likeness (QED) is 0.209. The van der Waals surface area contributed by atoms with Crippen LogP contribution in [-0.4, -0.2) is 77.3 Å². The van der Waals surface area contributed by atoms with Gasteiger partial charge in [0.05, 0.1) is 31.2 Å². The number of piperazine rings is 1. The summed E-state index contributed by atoms with van der Waals surface area (Å²) in [5.41, 5.74) is 10.7. The monoisotopic (exact) mass is 589 g/mol. The van der Waals surface area contributed by atoms with Gasteiger partial charge in [-0.15, -0.1) is 0 Å². The predicted octanol–water partition coefficient (Wildman–Crippen LogP) is 5.84. The lowest BCUT2D eigenvalue weighted by Crippen LogP contribution is -2.44. The molecule has 0 bridgehead atoms. The van der Waals surface area contributed by atoms with Crippen LogP contribution < -0.4 is 15.0 Å². The largest absolute Gasteiger partial charge is 0.494 e. The van der Waals surface area contributed by atoms with Crippen molar-refractivity contribution in [2.24, 2.45) is 7.05 Å². The maximum atomic E-state index is 12.1. The highest BCUT2D eigenvalue weighted by molar-refractivity contribution is 6.06. The van der Waals surface area contributed by atoms with Gasteiger partial charge < -0.3 is 24.8 Å². The van der Waals surface area contributed by atoms with Crippen LogP contribution >= 0.6 is 0 Å². The van der Waals surface area contributed by atoms with Crippen molar-refractivity contribution in [1.82, 2.24) is 24.6 Å². The average molecular weight is 590 g/mol. The van der Waals surface area contributed by atoms with Crippen LogP contribution in [0.25, 0.3) is 44.5 Å². The van der Waals surface area contributed by atoms with E-state index in [1.807, 2.05) is 31.0 Å². The van der Waals surface area contributed by atoms with Crippen LogP contribution in [0.1, 0.15) is 11.3 Å². The molecule has 0 unspecified atom stereocenters. The van der Waals surface area contributed by atoms with Gasteiger partial charge in [-0.1, -0.05) is 30.8 Å². The highest BCUT2D eigenvalue weighted by Gasteiger charge is 2.23. The van der Waals surface area contributed by atoms with Crippen molar-refractivity contribution in [1.29, 1.82) is 0 Å². The van der Waals surface area contributed by atoms with Crippen molar-refractivity contribution in [3.05, 3.63) is 78.8 Å². The number of rotatable bonds is 9. The van der Waals surface area contributed by atoms with Gasteiger partial charge in [-0.2, -0.15) is 5.10 Å². The second-order valence-corrected chi connectivity index (χ2v) is 11.5. The van der Waals surface area contributed by atoms with Gasteiger partial charge in [0.1, 0.15) is 11.4 Å². The third-order valence-corrected chi connectivity index (χ3v) is 8.73. The van der Waals surface area contributed by atoms with Crippen LogP contribution in [0.15, 0.2) is 67.5 Å². The number of nitrogens with zero attached hydrogens (tertiary/aromatic N) is 5. The standard InChI is InChI=1S/C35H39N7O2/c1-7-27(43)20-36-32-22(2)8-13-28(34(32)44-6)31-29-18-25(30-21-38-41(5)23(30)3)19-37-35(29)39-33(31)24-9-11-26(12-10-24)42-16-14-40(4)15-17-42/h7-13,18-19,21,36H,1,14-17,20H2,2-6H3,(H,37,39). The fourth-order valence-electron chi connectivity index (χ4n) is 5.96. The molecule has 0 radical (unpaired) electrons. The van der Waals surface area contributed by atoms with Gasteiger partial charge in [-0.3, -0.25) is 9.48 Å². The SMILES string of the molecule is C=CC(=O)CNc1c(C)ccc(-c2c(-c3ccc(N4CCN(C)CC4)cc3)[nH]c3ncc(-c4cnn(C)c4C)cc23)c1OC. The number of hydrogen-bond donors (Lipinski definition) is 2. The van der Waals surface area contributed by atoms with Crippen LogP contribution in [0, 0.1) is 13.8 Å². The van der Waals surface area contributed by atoms with Crippen LogP contribution in [0.4, 0.5) is 11.4 Å². The lowest BCUT2D eigenvalue weighted by molar-refractivity contribution is -0.113. The van der Waals surface area contributed by atoms with E-state index in [9.17, 15) is 4.79 Å². The predicted molar refractivity (Wildman–Crippen MR) is 179 cm³/mol. The number of aromatic amines is 1. The Hall–Kier alpha value is -4.89. The first-order valence-electron chi connectivity index (χ1n) is 14.9. The van der Waals surface area contributed by atoms with Crippen LogP contribution in [0.3, 0.4) is 0 Å². The molecule has 1 aliphatic heterocycles. The highest BCUT2D eigenvalue weighted by Crippen LogP contribution is 2.46. The molecular weight excluding hydrogens is 550 g/mol. The number of methoxy groups -OCH3 is 1. The van der Waals surface area contributed by atoms with E-state index in [2.05, 4.69) is 88.2 Å². The number of H-pyrrole nitrogens is 1. The molecule has 9 heteroatoms. The van der Waals surface area contributed by atoms with E-state index >= 15 is 0 Å². The summed E-state index contributed by atoms with van der Waals surface area (Å²) in [4.78, 5) is 25.5. The zero-order valence-corrected chi connectivity index (χ0v) is 26.1. The average Bonchev–Trinajstić information content (AvgIpc) is 3.59. The number of hydrogen-bond acceptors (Lipinski definition) is 7. The first-order valence-corrected chi connectivity index (χ1v) is 14.9. The molecule has 1 aliphatic rings. The highest BCUT2D eigenvalue weighted by atomic mass is 16.5. The lowest BCUT2D eigenvalue weighted by Gasteiger charge is -2.34. The minimum atomic E-state index is -0.0919. The minimum absolute atomic E-state index is 0.0919. The molecule has 0 atom stereocenters. The Morgan fingerprint density at radius 3 is 2.43 bits per heavy atom. The van der Waals surface area contributed by atoms with Gasteiger partial charge in [-0.25, -0.2) is 4.98 Å². The molecule has 2 aromatic carbocycles. The Labute approximate surface area is 258 Å². The number of benzene rings is 2. The third kappa shape index (κ3) is 5.35. The van der Waals surface area contributed by atoms with Gasteiger partial charge in [0, 0.05) is 78.4 Å². The number of likely N-dealkylation sites (N-methyl/N-ethyl adjacent to an activating group) is 1. The summed E-state index contributed by atoms with van der Waals surface area (Å²) >= 11 is 0. The molecule has 0 spiro atoms. The molecule has 4 heterocycles. The molecule has 9 nitrogen and oxygen atoms in total. The number of carbonyl (C=O) groups is 1. The number of ketones is 1. The number of anilines is 2. The molecule has 0 aliphatic carbocycles. The zero-order valence-electron chi connectivity index (χ0n) is 26.1. The lowest BCUT2D eigenvalue weighted by atomic mass is 9.95. The fraction of sp³-hybridized carbons (Fsp3) is 0.286. The molecule has 44 heavy (non-hydrogen) atoms. The Kier molecular flexibility index (Phi) is 7.97. The van der Waals surface area contributed by atoms with E-state index in [0.717, 1.165) is 87.7 Å². The third-order valence-electron chi connectivity index (χ3n) is 8.73. The molecule has 0 amide bonds. The van der Waals surface area contributed by atoms with Gasteiger partial charge in [0.15, 0.2) is 5.78 Å². The Bertz CT molecular complexity index is 1840. The molecule has 1 saturated heterocycles. The molecule has 6 rings (SSSR count). The van der Waals surface area contributed by atoms with Gasteiger partial charge in [0.25, 0.3) is 0 Å². The summed E-state index contributed by atoms with van der Waals surface area (Å²) in [7, 11) is 5.78. The van der Waals surface area contributed by atoms with E-state index in [0.29, 0.717) is 5.75 Å². The number of ether oxygens (including phenoxy) is 1. The number of carbonyl (C=O) groups excluding carboxylic acids is 1. The van der Waals surface area contributed by atoms with Crippen molar-refractivity contribution in [2.75, 3.05) is 57.1 Å². The number of pyridine rings is 1. The summed E-state index contributed by atoms with van der Waals surface area (Å²) in [5, 5.41) is 8.73. The van der Waals surface area contributed by atoms with E-state index < -0.39 is 0 Å². The van der Waals surface area contributed by atoms with E-state index in [1.165, 1.54) is 11.8 Å². The topological polar surface area (TPSA) is 91.3 Å². The van der Waals surface area contributed by atoms with E-state index in [4.69, 9.17) is 9.72 Å². The Balaban J connectivity index is 1.53. The molecule has 2 N–H and O–H groups in total. The van der Waals surface area contributed by atoms with Crippen molar-refractivity contribution < 1.29 is 9.53 Å². The second-order valence-electron chi connectivity index (χ2n) is 11.5. The first-order chi connectivity index (χ1) is 21.3. The first kappa shape index (κ1) is 29.2. The molecular formula is C35H39N7O2. The van der Waals surface area contributed by atoms with Crippen LogP contribution in [0.5, 0.6) is 5.75 Å². The summed E-state index contributed by atoms with van der Waals surface area (Å²) in [6.45, 7) is 11.9. The maximum absolute atomic E-state index is 12.1. The fourth-order valence-corrected chi connectivity index (χ4v) is 5.96. The zero-order chi connectivity index (χ0) is 31.0. The summed E-state index contributed by atoms with van der Waals surface area (Å²) < 4.78 is 7.94. The van der Waals surface area contributed by atoms with Gasteiger partial charge >= 0.3 is 0 Å². The van der Waals surface area contributed by atoms with Crippen molar-refractivity contribution in [3.8, 4) is 39.3 Å². The number of fused-ring (bicyclic) bond motifs is 1. The van der Waals surface area contributed by atoms with Gasteiger partial charge in [0.2, 0.25) is 0 Å². The summed E-state index contributed by atoms with van der Waals surface area (Å²) in [6, 6.07) is 15.1. The van der Waals surface area contributed by atoms with Crippen molar-refractivity contribution >= 4 is 28.2 Å². The normalized spacial score (nSPS) is 13.8. The smallest absolute Gasteiger partial charge is 0.174 e. The molecule has 226 valence electrons. The molecule has 5 aromatic rings. The Morgan fingerprint density at radius 2 is 1.77 bits per heavy atom. The number of aryl methyl sites for hydroxylation is 2. The van der Waals surface area contributed by atoms with Crippen molar-refractivity contribution in [2.45, 2.75) is 13.8 Å². The molecule has 0 saturated carbocycles. The Morgan fingerprint density at radius 1 is 1.02 bits per heavy atom. The van der Waals surface area contributed by atoms with E-state index in [1.54, 1.807) is 7.11 Å². The maximum Gasteiger partial charge on any atom is 0.174 e. The number of nitrogens with one attached hydrogen (secondary N) is 2. The van der Waals surface area contributed by atoms with E-state index in [-0.39, 0.29) is 12.3 Å².